The Morgan fingerprint density at radius 1 is 1.37 bits per heavy atom. The maximum atomic E-state index is 12.6. The molecule has 0 spiro atoms. The van der Waals surface area contributed by atoms with Crippen molar-refractivity contribution in [1.29, 1.82) is 0 Å². The average Bonchev–Trinajstić information content (AvgIpc) is 3.21. The second-order valence-electron chi connectivity index (χ2n) is 5.21. The lowest BCUT2D eigenvalue weighted by Crippen LogP contribution is -2.30. The van der Waals surface area contributed by atoms with Crippen molar-refractivity contribution in [2.24, 2.45) is 0 Å². The van der Waals surface area contributed by atoms with E-state index in [1.165, 1.54) is 10.4 Å². The third-order valence-electron chi connectivity index (χ3n) is 3.71. The van der Waals surface area contributed by atoms with Crippen LogP contribution in [0.2, 0.25) is 0 Å². The molecular weight excluding hydrogens is 264 g/mol. The van der Waals surface area contributed by atoms with E-state index in [9.17, 15) is 8.42 Å². The van der Waals surface area contributed by atoms with Crippen molar-refractivity contribution in [2.45, 2.75) is 36.6 Å². The fourth-order valence-electron chi connectivity index (χ4n) is 2.45. The highest BCUT2D eigenvalue weighted by molar-refractivity contribution is 7.89. The molecule has 1 aliphatic carbocycles. The topological polar surface area (TPSA) is 72.6 Å². The first-order chi connectivity index (χ1) is 9.00. The molecule has 0 saturated heterocycles. The number of nitrogens with two attached hydrogens (primary N) is 1. The van der Waals surface area contributed by atoms with E-state index in [1.54, 1.807) is 7.05 Å². The van der Waals surface area contributed by atoms with Crippen molar-refractivity contribution >= 4 is 15.7 Å². The SMILES string of the molecule is CN(C1CC1)S(=O)(=O)c1cc(N)cc2c1OCCC2. The molecule has 1 aromatic rings. The van der Waals surface area contributed by atoms with E-state index in [4.69, 9.17) is 10.5 Å². The minimum absolute atomic E-state index is 0.130. The Kier molecular flexibility index (Phi) is 2.94. The van der Waals surface area contributed by atoms with Crippen LogP contribution in [0.15, 0.2) is 17.0 Å². The minimum atomic E-state index is -3.51. The van der Waals surface area contributed by atoms with Crippen LogP contribution in [-0.4, -0.2) is 32.4 Å². The number of aryl methyl sites for hydroxylation is 1. The molecule has 2 N–H and O–H groups in total. The number of ether oxygens (including phenoxy) is 1. The molecule has 2 aliphatic rings. The summed E-state index contributed by atoms with van der Waals surface area (Å²) >= 11 is 0. The van der Waals surface area contributed by atoms with Gasteiger partial charge < -0.3 is 10.5 Å². The first-order valence-corrected chi connectivity index (χ1v) is 7.97. The van der Waals surface area contributed by atoms with Crippen LogP contribution < -0.4 is 10.5 Å². The van der Waals surface area contributed by atoms with Gasteiger partial charge in [-0.25, -0.2) is 8.42 Å². The lowest BCUT2D eigenvalue weighted by atomic mass is 10.1. The summed E-state index contributed by atoms with van der Waals surface area (Å²) in [4.78, 5) is 0.219. The molecule has 1 heterocycles. The zero-order valence-electron chi connectivity index (χ0n) is 10.9. The van der Waals surface area contributed by atoms with E-state index < -0.39 is 10.0 Å². The number of rotatable bonds is 3. The monoisotopic (exact) mass is 282 g/mol. The van der Waals surface area contributed by atoms with Gasteiger partial charge in [-0.2, -0.15) is 4.31 Å². The number of fused-ring (bicyclic) bond motifs is 1. The normalized spacial score (nSPS) is 19.1. The van der Waals surface area contributed by atoms with E-state index >= 15 is 0 Å². The summed E-state index contributed by atoms with van der Waals surface area (Å²) in [7, 11) is -1.88. The van der Waals surface area contributed by atoms with Gasteiger partial charge in [-0.05, 0) is 43.4 Å². The maximum Gasteiger partial charge on any atom is 0.246 e. The smallest absolute Gasteiger partial charge is 0.246 e. The van der Waals surface area contributed by atoms with Gasteiger partial charge in [0.2, 0.25) is 10.0 Å². The van der Waals surface area contributed by atoms with Crippen molar-refractivity contribution < 1.29 is 13.2 Å². The molecule has 3 rings (SSSR count). The zero-order valence-corrected chi connectivity index (χ0v) is 11.7. The van der Waals surface area contributed by atoms with Crippen LogP contribution in [0.4, 0.5) is 5.69 Å². The Morgan fingerprint density at radius 3 is 2.79 bits per heavy atom. The largest absolute Gasteiger partial charge is 0.492 e. The quantitative estimate of drug-likeness (QED) is 0.850. The Balaban J connectivity index is 2.11. The van der Waals surface area contributed by atoms with Crippen LogP contribution in [0.1, 0.15) is 24.8 Å². The van der Waals surface area contributed by atoms with Crippen LogP contribution in [0, 0.1) is 0 Å². The number of nitrogen functional groups attached to an aromatic ring is 1. The Morgan fingerprint density at radius 2 is 2.11 bits per heavy atom. The standard InChI is InChI=1S/C13H18N2O3S/c1-15(11-4-5-11)19(16,17)12-8-10(14)7-9-3-2-6-18-13(9)12/h7-8,11H,2-6,14H2,1H3. The molecule has 104 valence electrons. The summed E-state index contributed by atoms with van der Waals surface area (Å²) in [5.41, 5.74) is 7.21. The minimum Gasteiger partial charge on any atom is -0.492 e. The summed E-state index contributed by atoms with van der Waals surface area (Å²) in [6.45, 7) is 0.562. The van der Waals surface area contributed by atoms with Crippen LogP contribution in [-0.2, 0) is 16.4 Å². The second kappa shape index (κ2) is 4.38. The molecule has 1 saturated carbocycles. The summed E-state index contributed by atoms with van der Waals surface area (Å²) in [5, 5.41) is 0. The van der Waals surface area contributed by atoms with Crippen molar-refractivity contribution in [3.8, 4) is 5.75 Å². The molecule has 0 amide bonds. The number of sulfonamides is 1. The second-order valence-corrected chi connectivity index (χ2v) is 7.18. The fourth-order valence-corrected chi connectivity index (χ4v) is 4.07. The van der Waals surface area contributed by atoms with Crippen molar-refractivity contribution in [2.75, 3.05) is 19.4 Å². The van der Waals surface area contributed by atoms with Crippen molar-refractivity contribution in [1.82, 2.24) is 4.31 Å². The van der Waals surface area contributed by atoms with E-state index in [0.717, 1.165) is 31.2 Å². The molecule has 0 bridgehead atoms. The molecule has 1 aliphatic heterocycles. The van der Waals surface area contributed by atoms with E-state index in [1.807, 2.05) is 6.07 Å². The summed E-state index contributed by atoms with van der Waals surface area (Å²) in [6, 6.07) is 3.45. The molecule has 0 atom stereocenters. The number of nitrogens with zero attached hydrogens (tertiary/aromatic N) is 1. The Bertz CT molecular complexity index is 609. The first-order valence-electron chi connectivity index (χ1n) is 6.53. The van der Waals surface area contributed by atoms with Gasteiger partial charge in [-0.3, -0.25) is 0 Å². The predicted octanol–water partition coefficient (Wildman–Crippen LogP) is 1.38. The van der Waals surface area contributed by atoms with E-state index in [-0.39, 0.29) is 10.9 Å². The van der Waals surface area contributed by atoms with Gasteiger partial charge in [0.25, 0.3) is 0 Å². The predicted molar refractivity (Wildman–Crippen MR) is 72.6 cm³/mol. The number of hydrogen-bond acceptors (Lipinski definition) is 4. The van der Waals surface area contributed by atoms with Gasteiger partial charge in [-0.15, -0.1) is 0 Å². The van der Waals surface area contributed by atoms with Crippen LogP contribution in [0.3, 0.4) is 0 Å². The number of hydrogen-bond donors (Lipinski definition) is 1. The number of benzene rings is 1. The molecule has 1 fully saturated rings. The molecular formula is C13H18N2O3S. The maximum absolute atomic E-state index is 12.6. The first kappa shape index (κ1) is 12.7. The molecule has 19 heavy (non-hydrogen) atoms. The van der Waals surface area contributed by atoms with Gasteiger partial charge in [-0.1, -0.05) is 0 Å². The van der Waals surface area contributed by atoms with Gasteiger partial charge in [0, 0.05) is 18.8 Å². The molecule has 6 heteroatoms. The van der Waals surface area contributed by atoms with Crippen LogP contribution in [0.25, 0.3) is 0 Å². The molecule has 5 nitrogen and oxygen atoms in total. The summed E-state index contributed by atoms with van der Waals surface area (Å²) in [5.74, 6) is 0.493. The van der Waals surface area contributed by atoms with Gasteiger partial charge >= 0.3 is 0 Å². The molecule has 0 unspecified atom stereocenters. The van der Waals surface area contributed by atoms with E-state index in [0.29, 0.717) is 18.0 Å². The summed E-state index contributed by atoms with van der Waals surface area (Å²) in [6.07, 6.45) is 3.58. The van der Waals surface area contributed by atoms with Gasteiger partial charge in [0.05, 0.1) is 6.61 Å². The summed E-state index contributed by atoms with van der Waals surface area (Å²) < 4.78 is 32.3. The van der Waals surface area contributed by atoms with Gasteiger partial charge in [0.1, 0.15) is 10.6 Å². The highest BCUT2D eigenvalue weighted by atomic mass is 32.2. The third-order valence-corrected chi connectivity index (χ3v) is 5.62. The van der Waals surface area contributed by atoms with E-state index in [2.05, 4.69) is 0 Å². The van der Waals surface area contributed by atoms with Crippen LogP contribution >= 0.6 is 0 Å². The van der Waals surface area contributed by atoms with Gasteiger partial charge in [0.15, 0.2) is 0 Å². The Labute approximate surface area is 113 Å². The van der Waals surface area contributed by atoms with Crippen LogP contribution in [0.5, 0.6) is 5.75 Å². The van der Waals surface area contributed by atoms with Crippen molar-refractivity contribution in [3.63, 3.8) is 0 Å². The van der Waals surface area contributed by atoms with Crippen molar-refractivity contribution in [3.05, 3.63) is 17.7 Å². The fraction of sp³-hybridized carbons (Fsp3) is 0.538. The number of anilines is 1. The average molecular weight is 282 g/mol. The highest BCUT2D eigenvalue weighted by Gasteiger charge is 2.37. The lowest BCUT2D eigenvalue weighted by Gasteiger charge is -2.24. The third kappa shape index (κ3) is 2.19. The Hall–Kier alpha value is -1.27. The molecule has 0 aromatic heterocycles. The highest BCUT2D eigenvalue weighted by Crippen LogP contribution is 2.38. The lowest BCUT2D eigenvalue weighted by molar-refractivity contribution is 0.279. The zero-order chi connectivity index (χ0) is 13.6. The molecule has 0 radical (unpaired) electrons. The molecule has 1 aromatic carbocycles.